The molecule has 0 saturated heterocycles. The molecule has 1 aromatic heterocycles. The third-order valence-electron chi connectivity index (χ3n) is 6.03. The minimum Gasteiger partial charge on any atom is -0.344 e. The van der Waals surface area contributed by atoms with Crippen molar-refractivity contribution in [1.82, 2.24) is 10.3 Å². The lowest BCUT2D eigenvalue weighted by atomic mass is 9.99. The van der Waals surface area contributed by atoms with Crippen LogP contribution < -0.4 is 16.0 Å². The van der Waals surface area contributed by atoms with Gasteiger partial charge in [-0.2, -0.15) is 0 Å². The molecule has 1 aliphatic heterocycles. The molecule has 0 radical (unpaired) electrons. The maximum absolute atomic E-state index is 13.9. The molecule has 2 heterocycles. The smallest absolute Gasteiger partial charge is 0.250 e. The number of amides is 2. The van der Waals surface area contributed by atoms with Gasteiger partial charge < -0.3 is 16.0 Å². The minimum atomic E-state index is -3.34. The van der Waals surface area contributed by atoms with E-state index in [1.807, 2.05) is 0 Å². The van der Waals surface area contributed by atoms with Crippen LogP contribution in [0.15, 0.2) is 71.8 Å². The number of anilines is 1. The molecule has 0 aliphatic carbocycles. The number of benzene rings is 2. The van der Waals surface area contributed by atoms with Gasteiger partial charge in [-0.05, 0) is 47.9 Å². The summed E-state index contributed by atoms with van der Waals surface area (Å²) in [5, 5.41) is 2.76. The second kappa shape index (κ2) is 13.1. The fourth-order valence-corrected chi connectivity index (χ4v) is 4.86. The topological polar surface area (TPSA) is 122 Å². The molecule has 1 aliphatic rings. The molecule has 0 saturated carbocycles. The van der Waals surface area contributed by atoms with Crippen LogP contribution in [0.1, 0.15) is 23.2 Å². The Hall–Kier alpha value is -3.05. The van der Waals surface area contributed by atoms with E-state index in [1.165, 1.54) is 23.1 Å². The molecule has 1 unspecified atom stereocenters. The summed E-state index contributed by atoms with van der Waals surface area (Å²) >= 11 is 0. The van der Waals surface area contributed by atoms with E-state index in [0.717, 1.165) is 11.8 Å². The third kappa shape index (κ3) is 7.50. The van der Waals surface area contributed by atoms with Crippen LogP contribution in [0.2, 0.25) is 0 Å². The summed E-state index contributed by atoms with van der Waals surface area (Å²) in [5.74, 6) is -1.09. The molecule has 12 heteroatoms. The molecule has 2 atom stereocenters. The number of halogens is 3. The first-order valence-corrected chi connectivity index (χ1v) is 13.3. The number of nitrogens with one attached hydrogen (secondary N) is 1. The Morgan fingerprint density at radius 1 is 1.13 bits per heavy atom. The van der Waals surface area contributed by atoms with E-state index >= 15 is 0 Å². The summed E-state index contributed by atoms with van der Waals surface area (Å²) in [6.45, 7) is 0.181. The van der Waals surface area contributed by atoms with Crippen LogP contribution in [0.3, 0.4) is 0 Å². The predicted molar refractivity (Wildman–Crippen MR) is 148 cm³/mol. The Labute approximate surface area is 233 Å². The minimum absolute atomic E-state index is 0. The summed E-state index contributed by atoms with van der Waals surface area (Å²) in [6.07, 6.45) is 3.11. The molecule has 8 nitrogen and oxygen atoms in total. The molecule has 0 fully saturated rings. The predicted octanol–water partition coefficient (Wildman–Crippen LogP) is 3.00. The highest BCUT2D eigenvalue weighted by molar-refractivity contribution is 7.90. The first kappa shape index (κ1) is 31.2. The van der Waals surface area contributed by atoms with Crippen molar-refractivity contribution in [3.8, 4) is 0 Å². The second-order valence-corrected chi connectivity index (χ2v) is 10.9. The molecule has 2 amide bonds. The number of fused-ring (bicyclic) bond motifs is 1. The van der Waals surface area contributed by atoms with E-state index in [4.69, 9.17) is 5.73 Å². The van der Waals surface area contributed by atoms with E-state index in [1.54, 1.807) is 48.7 Å². The summed E-state index contributed by atoms with van der Waals surface area (Å²) in [5.41, 5.74) is 8.53. The van der Waals surface area contributed by atoms with Crippen LogP contribution in [0, 0.1) is 5.82 Å². The van der Waals surface area contributed by atoms with Crippen LogP contribution in [0.5, 0.6) is 0 Å². The van der Waals surface area contributed by atoms with Crippen molar-refractivity contribution >= 4 is 52.2 Å². The molecule has 3 N–H and O–H groups in total. The first-order valence-electron chi connectivity index (χ1n) is 11.4. The zero-order valence-corrected chi connectivity index (χ0v) is 23.0. The maximum Gasteiger partial charge on any atom is 0.250 e. The maximum atomic E-state index is 13.9. The van der Waals surface area contributed by atoms with Gasteiger partial charge in [0.25, 0.3) is 0 Å². The third-order valence-corrected chi connectivity index (χ3v) is 7.16. The Morgan fingerprint density at radius 2 is 1.82 bits per heavy atom. The van der Waals surface area contributed by atoms with Gasteiger partial charge >= 0.3 is 0 Å². The largest absolute Gasteiger partial charge is 0.344 e. The molecule has 2 aromatic carbocycles. The van der Waals surface area contributed by atoms with Crippen molar-refractivity contribution in [3.63, 3.8) is 0 Å². The fraction of sp³-hybridized carbons (Fsp3) is 0.269. The number of nitrogens with two attached hydrogens (primary N) is 1. The number of rotatable bonds is 8. The van der Waals surface area contributed by atoms with Crippen molar-refractivity contribution in [3.05, 3.63) is 89.5 Å². The Morgan fingerprint density at radius 3 is 2.47 bits per heavy atom. The quantitative estimate of drug-likeness (QED) is 0.421. The van der Waals surface area contributed by atoms with Crippen LogP contribution >= 0.6 is 24.8 Å². The lowest BCUT2D eigenvalue weighted by Gasteiger charge is -2.34. The van der Waals surface area contributed by atoms with Gasteiger partial charge in [0.2, 0.25) is 11.8 Å². The van der Waals surface area contributed by atoms with Gasteiger partial charge in [0, 0.05) is 31.3 Å². The standard InChI is InChI=1S/C26H27FN4O4S.2ClH/c1-36(34,35)20-10-8-17(9-11-20)16-31-24-7-4-12-29-22(24)15-23(26(31)33)30-25(32)14-19(28)13-18-5-2-3-6-21(18)27;;/h2-12,19,23H,13-16,28H2,1H3,(H,30,32);2*1H/t19-,23?;;/m1../s1. The van der Waals surface area contributed by atoms with E-state index in [2.05, 4.69) is 10.3 Å². The molecule has 4 rings (SSSR count). The Balaban J connectivity index is 0.00000253. The second-order valence-electron chi connectivity index (χ2n) is 8.89. The van der Waals surface area contributed by atoms with Gasteiger partial charge in [-0.1, -0.05) is 30.3 Å². The summed E-state index contributed by atoms with van der Waals surface area (Å²) < 4.78 is 37.4. The summed E-state index contributed by atoms with van der Waals surface area (Å²) in [7, 11) is -3.34. The van der Waals surface area contributed by atoms with Crippen molar-refractivity contribution in [1.29, 1.82) is 0 Å². The van der Waals surface area contributed by atoms with Crippen LogP contribution in [-0.4, -0.2) is 43.6 Å². The lowest BCUT2D eigenvalue weighted by Crippen LogP contribution is -2.53. The average Bonchev–Trinajstić information content (AvgIpc) is 2.83. The van der Waals surface area contributed by atoms with Crippen LogP contribution in [0.25, 0.3) is 0 Å². The zero-order chi connectivity index (χ0) is 25.9. The molecule has 3 aromatic rings. The van der Waals surface area contributed by atoms with Crippen molar-refractivity contribution < 1.29 is 22.4 Å². The number of carbonyl (C=O) groups is 2. The molecular formula is C26H29Cl2FN4O4S. The van der Waals surface area contributed by atoms with E-state index in [9.17, 15) is 22.4 Å². The average molecular weight is 584 g/mol. The van der Waals surface area contributed by atoms with E-state index in [-0.39, 0.29) is 67.2 Å². The van der Waals surface area contributed by atoms with Gasteiger partial charge in [-0.3, -0.25) is 14.6 Å². The zero-order valence-electron chi connectivity index (χ0n) is 20.5. The van der Waals surface area contributed by atoms with Crippen molar-refractivity contribution in [2.45, 2.75) is 42.8 Å². The van der Waals surface area contributed by atoms with Gasteiger partial charge in [0.05, 0.1) is 22.8 Å². The normalized spacial score (nSPS) is 15.5. The molecule has 38 heavy (non-hydrogen) atoms. The lowest BCUT2D eigenvalue weighted by molar-refractivity contribution is -0.128. The Bertz CT molecular complexity index is 1390. The molecule has 0 spiro atoms. The molecule has 204 valence electrons. The van der Waals surface area contributed by atoms with Crippen LogP contribution in [0.4, 0.5) is 10.1 Å². The monoisotopic (exact) mass is 582 g/mol. The highest BCUT2D eigenvalue weighted by atomic mass is 35.5. The van der Waals surface area contributed by atoms with E-state index in [0.29, 0.717) is 16.9 Å². The highest BCUT2D eigenvalue weighted by Gasteiger charge is 2.34. The van der Waals surface area contributed by atoms with Crippen LogP contribution in [-0.2, 0) is 38.8 Å². The van der Waals surface area contributed by atoms with Crippen molar-refractivity contribution in [2.75, 3.05) is 11.2 Å². The summed E-state index contributed by atoms with van der Waals surface area (Å²) in [6, 6.07) is 14.6. The number of hydrogen-bond donors (Lipinski definition) is 2. The molecular weight excluding hydrogens is 554 g/mol. The first-order chi connectivity index (χ1) is 17.1. The van der Waals surface area contributed by atoms with E-state index < -0.39 is 27.8 Å². The SMILES string of the molecule is CS(=O)(=O)c1ccc(CN2C(=O)C(NC(=O)C[C@H](N)Cc3ccccc3F)Cc3ncccc32)cc1.Cl.Cl. The number of sulfone groups is 1. The number of hydrogen-bond acceptors (Lipinski definition) is 6. The molecule has 0 bridgehead atoms. The number of carbonyl (C=O) groups excluding carboxylic acids is 2. The van der Waals surface area contributed by atoms with Crippen molar-refractivity contribution in [2.24, 2.45) is 5.73 Å². The highest BCUT2D eigenvalue weighted by Crippen LogP contribution is 2.28. The fourth-order valence-electron chi connectivity index (χ4n) is 4.23. The summed E-state index contributed by atoms with van der Waals surface area (Å²) in [4.78, 5) is 32.2. The van der Waals surface area contributed by atoms with Gasteiger partial charge in [0.15, 0.2) is 9.84 Å². The Kier molecular flexibility index (Phi) is 10.8. The van der Waals surface area contributed by atoms with Gasteiger partial charge in [-0.25, -0.2) is 12.8 Å². The van der Waals surface area contributed by atoms with Gasteiger partial charge in [-0.15, -0.1) is 24.8 Å². The number of pyridine rings is 1. The number of nitrogens with zero attached hydrogens (tertiary/aromatic N) is 2. The number of aromatic nitrogens is 1. The van der Waals surface area contributed by atoms with Gasteiger partial charge in [0.1, 0.15) is 11.9 Å².